The Morgan fingerprint density at radius 1 is 1.16 bits per heavy atom. The van der Waals surface area contributed by atoms with E-state index in [4.69, 9.17) is 4.74 Å². The van der Waals surface area contributed by atoms with Crippen molar-refractivity contribution in [2.45, 2.75) is 56.6 Å². The molecule has 0 spiro atoms. The molecule has 2 aliphatic rings. The molecule has 8 nitrogen and oxygen atoms in total. The summed E-state index contributed by atoms with van der Waals surface area (Å²) in [6.45, 7) is 7.80. The molecule has 0 saturated carbocycles. The van der Waals surface area contributed by atoms with Crippen LogP contribution in [0.25, 0.3) is 0 Å². The average molecular weight is 458 g/mol. The second-order valence-electron chi connectivity index (χ2n) is 9.29. The van der Waals surface area contributed by atoms with Crippen LogP contribution in [0.5, 0.6) is 0 Å². The second-order valence-corrected chi connectivity index (χ2v) is 10.7. The number of nitrogens with zero attached hydrogens (tertiary/aromatic N) is 4. The number of fused-ring (bicyclic) bond motifs is 1. The first-order chi connectivity index (χ1) is 15.2. The maximum atomic E-state index is 12.3. The number of carbonyl (C=O) groups is 1. The van der Waals surface area contributed by atoms with E-state index in [1.807, 2.05) is 45.0 Å². The number of piperidine rings is 1. The normalized spacial score (nSPS) is 17.8. The van der Waals surface area contributed by atoms with Crippen LogP contribution < -0.4 is 10.2 Å². The predicted molar refractivity (Wildman–Crippen MR) is 126 cm³/mol. The molecule has 1 fully saturated rings. The quantitative estimate of drug-likeness (QED) is 0.749. The lowest BCUT2D eigenvalue weighted by atomic mass is 10.1. The van der Waals surface area contributed by atoms with Crippen LogP contribution in [0.2, 0.25) is 0 Å². The Morgan fingerprint density at radius 2 is 1.91 bits per heavy atom. The molecule has 0 aliphatic carbocycles. The molecular formula is C23H31N5O3S. The van der Waals surface area contributed by atoms with Gasteiger partial charge in [-0.15, -0.1) is 0 Å². The van der Waals surface area contributed by atoms with Crippen molar-refractivity contribution in [2.75, 3.05) is 36.1 Å². The second kappa shape index (κ2) is 9.05. The van der Waals surface area contributed by atoms with Gasteiger partial charge in [0.15, 0.2) is 0 Å². The van der Waals surface area contributed by atoms with E-state index in [9.17, 15) is 9.00 Å². The molecule has 0 radical (unpaired) electrons. The number of benzene rings is 1. The number of rotatable bonds is 4. The van der Waals surface area contributed by atoms with Crippen molar-refractivity contribution in [3.05, 3.63) is 36.2 Å². The molecule has 1 unspecified atom stereocenters. The standard InChI is InChI=1S/C23H31N5O3S/c1-23(2,3)31-22(29)27-10-8-17(9-11-27)26-20-14-21(25-15-24-20)28-12-7-16-13-18(32(4)30)5-6-19(16)28/h5-6,13-15,17H,7-12H2,1-4H3,(H,24,25,26). The third-order valence-electron chi connectivity index (χ3n) is 5.71. The van der Waals surface area contributed by atoms with Gasteiger partial charge in [0, 0.05) is 59.4 Å². The zero-order valence-electron chi connectivity index (χ0n) is 19.1. The lowest BCUT2D eigenvalue weighted by Crippen LogP contribution is -2.44. The smallest absolute Gasteiger partial charge is 0.410 e. The van der Waals surface area contributed by atoms with Crippen molar-refractivity contribution in [3.63, 3.8) is 0 Å². The minimum Gasteiger partial charge on any atom is -0.444 e. The van der Waals surface area contributed by atoms with Crippen LogP contribution in [0.1, 0.15) is 39.2 Å². The first-order valence-corrected chi connectivity index (χ1v) is 12.6. The number of anilines is 3. The van der Waals surface area contributed by atoms with Crippen molar-refractivity contribution in [1.29, 1.82) is 0 Å². The van der Waals surface area contributed by atoms with Gasteiger partial charge in [-0.3, -0.25) is 4.21 Å². The first kappa shape index (κ1) is 22.5. The molecule has 9 heteroatoms. The minimum absolute atomic E-state index is 0.240. The van der Waals surface area contributed by atoms with Crippen LogP contribution in [0, 0.1) is 0 Å². The fraction of sp³-hybridized carbons (Fsp3) is 0.522. The maximum Gasteiger partial charge on any atom is 0.410 e. The zero-order chi connectivity index (χ0) is 22.9. The number of likely N-dealkylation sites (tertiary alicyclic amines) is 1. The summed E-state index contributed by atoms with van der Waals surface area (Å²) in [6.07, 6.45) is 5.61. The highest BCUT2D eigenvalue weighted by molar-refractivity contribution is 7.84. The largest absolute Gasteiger partial charge is 0.444 e. The van der Waals surface area contributed by atoms with E-state index in [1.54, 1.807) is 17.5 Å². The summed E-state index contributed by atoms with van der Waals surface area (Å²) < 4.78 is 17.3. The Labute approximate surface area is 191 Å². The van der Waals surface area contributed by atoms with E-state index in [1.165, 1.54) is 5.56 Å². The highest BCUT2D eigenvalue weighted by Gasteiger charge is 2.27. The molecule has 172 valence electrons. The minimum atomic E-state index is -0.983. The van der Waals surface area contributed by atoms with E-state index >= 15 is 0 Å². The number of ether oxygens (including phenoxy) is 1. The fourth-order valence-corrected chi connectivity index (χ4v) is 4.68. The molecule has 2 aliphatic heterocycles. The number of aromatic nitrogens is 2. The van der Waals surface area contributed by atoms with Gasteiger partial charge in [-0.1, -0.05) is 0 Å². The lowest BCUT2D eigenvalue weighted by Gasteiger charge is -2.34. The van der Waals surface area contributed by atoms with Crippen molar-refractivity contribution < 1.29 is 13.7 Å². The van der Waals surface area contributed by atoms with Crippen LogP contribution in [-0.2, 0) is 22.0 Å². The Balaban J connectivity index is 1.38. The van der Waals surface area contributed by atoms with Crippen molar-refractivity contribution >= 4 is 34.2 Å². The molecule has 2 aromatic rings. The fourth-order valence-electron chi connectivity index (χ4n) is 4.11. The van der Waals surface area contributed by atoms with E-state index < -0.39 is 16.4 Å². The number of hydrogen-bond donors (Lipinski definition) is 1. The van der Waals surface area contributed by atoms with Gasteiger partial charge in [0.1, 0.15) is 23.6 Å². The Hall–Kier alpha value is -2.68. The molecule has 1 atom stereocenters. The maximum absolute atomic E-state index is 12.3. The summed E-state index contributed by atoms with van der Waals surface area (Å²) in [5.41, 5.74) is 1.82. The van der Waals surface area contributed by atoms with Gasteiger partial charge in [-0.2, -0.15) is 0 Å². The SMILES string of the molecule is CS(=O)c1ccc2c(c1)CCN2c1cc(NC2CCN(C(=O)OC(C)(C)C)CC2)ncn1. The lowest BCUT2D eigenvalue weighted by molar-refractivity contribution is 0.0210. The van der Waals surface area contributed by atoms with E-state index in [-0.39, 0.29) is 12.1 Å². The molecule has 1 aromatic carbocycles. The third kappa shape index (κ3) is 5.20. The van der Waals surface area contributed by atoms with Crippen molar-refractivity contribution in [2.24, 2.45) is 0 Å². The molecule has 1 saturated heterocycles. The summed E-state index contributed by atoms with van der Waals surface area (Å²) in [5, 5.41) is 3.50. The van der Waals surface area contributed by atoms with E-state index in [0.717, 1.165) is 48.0 Å². The van der Waals surface area contributed by atoms with Crippen LogP contribution >= 0.6 is 0 Å². The molecule has 1 amide bonds. The van der Waals surface area contributed by atoms with Crippen molar-refractivity contribution in [3.8, 4) is 0 Å². The third-order valence-corrected chi connectivity index (χ3v) is 6.62. The van der Waals surface area contributed by atoms with Crippen LogP contribution in [0.3, 0.4) is 0 Å². The van der Waals surface area contributed by atoms with Crippen LogP contribution in [0.15, 0.2) is 35.5 Å². The Morgan fingerprint density at radius 3 is 2.59 bits per heavy atom. The van der Waals surface area contributed by atoms with Gasteiger partial charge in [0.25, 0.3) is 0 Å². The van der Waals surface area contributed by atoms with Crippen LogP contribution in [0.4, 0.5) is 22.1 Å². The Bertz CT molecular complexity index is 1010. The molecule has 1 aromatic heterocycles. The highest BCUT2D eigenvalue weighted by atomic mass is 32.2. The van der Waals surface area contributed by atoms with Gasteiger partial charge in [-0.25, -0.2) is 14.8 Å². The van der Waals surface area contributed by atoms with E-state index in [0.29, 0.717) is 13.1 Å². The number of hydrogen-bond acceptors (Lipinski definition) is 7. The number of carbonyl (C=O) groups excluding carboxylic acids is 1. The highest BCUT2D eigenvalue weighted by Crippen LogP contribution is 2.35. The number of amides is 1. The zero-order valence-corrected chi connectivity index (χ0v) is 19.9. The van der Waals surface area contributed by atoms with Gasteiger partial charge in [0.2, 0.25) is 0 Å². The summed E-state index contributed by atoms with van der Waals surface area (Å²) >= 11 is 0. The van der Waals surface area contributed by atoms with Crippen molar-refractivity contribution in [1.82, 2.24) is 14.9 Å². The Kier molecular flexibility index (Phi) is 6.37. The molecule has 1 N–H and O–H groups in total. The molecule has 32 heavy (non-hydrogen) atoms. The summed E-state index contributed by atoms with van der Waals surface area (Å²) in [5.74, 6) is 1.63. The number of nitrogens with one attached hydrogen (secondary N) is 1. The first-order valence-electron chi connectivity index (χ1n) is 11.0. The molecule has 4 rings (SSSR count). The van der Waals surface area contributed by atoms with Gasteiger partial charge < -0.3 is 19.9 Å². The van der Waals surface area contributed by atoms with Gasteiger partial charge >= 0.3 is 6.09 Å². The predicted octanol–water partition coefficient (Wildman–Crippen LogP) is 3.72. The van der Waals surface area contributed by atoms with E-state index in [2.05, 4.69) is 20.2 Å². The molecule has 0 bridgehead atoms. The molecule has 3 heterocycles. The summed E-state index contributed by atoms with van der Waals surface area (Å²) in [4.78, 5) is 26.0. The summed E-state index contributed by atoms with van der Waals surface area (Å²) in [6, 6.07) is 8.20. The molecular weight excluding hydrogens is 426 g/mol. The summed E-state index contributed by atoms with van der Waals surface area (Å²) in [7, 11) is -0.983. The topological polar surface area (TPSA) is 87.7 Å². The average Bonchev–Trinajstić information content (AvgIpc) is 3.16. The van der Waals surface area contributed by atoms with Gasteiger partial charge in [0.05, 0.1) is 0 Å². The monoisotopic (exact) mass is 457 g/mol. The van der Waals surface area contributed by atoms with Gasteiger partial charge in [-0.05, 0) is 63.8 Å². The van der Waals surface area contributed by atoms with Crippen LogP contribution in [-0.4, -0.2) is 62.7 Å².